The molecule has 0 bridgehead atoms. The van der Waals surface area contributed by atoms with Crippen molar-refractivity contribution in [3.8, 4) is 0 Å². The molecule has 0 saturated carbocycles. The van der Waals surface area contributed by atoms with E-state index in [2.05, 4.69) is 4.74 Å². The second-order valence-electron chi connectivity index (χ2n) is 3.35. The first-order valence-electron chi connectivity index (χ1n) is 4.45. The van der Waals surface area contributed by atoms with Crippen LogP contribution < -0.4 is 0 Å². The highest BCUT2D eigenvalue weighted by molar-refractivity contribution is 7.85. The summed E-state index contributed by atoms with van der Waals surface area (Å²) in [7, 11) is -5.97. The summed E-state index contributed by atoms with van der Waals surface area (Å²) in [5, 5.41) is 0. The summed E-state index contributed by atoms with van der Waals surface area (Å²) in [6.45, 7) is 0.894. The van der Waals surface area contributed by atoms with Crippen molar-refractivity contribution >= 4 is 16.1 Å². The number of ether oxygens (including phenoxy) is 1. The third kappa shape index (κ3) is 4.23. The molecule has 0 aliphatic carbocycles. The van der Waals surface area contributed by atoms with Crippen molar-refractivity contribution in [2.75, 3.05) is 5.75 Å². The average molecular weight is 317 g/mol. The fraction of sp³-hybridized carbons (Fsp3) is 0.857. The maximum atomic E-state index is 12.5. The molecule has 0 amide bonds. The first kappa shape index (κ1) is 18.0. The minimum absolute atomic E-state index is 0.868. The van der Waals surface area contributed by atoms with Gasteiger partial charge >= 0.3 is 23.9 Å². The highest BCUT2D eigenvalue weighted by Gasteiger charge is 2.75. The number of esters is 1. The maximum absolute atomic E-state index is 12.5. The molecule has 0 heterocycles. The third-order valence-corrected chi connectivity index (χ3v) is 2.63. The molecule has 0 N–H and O–H groups in total. The van der Waals surface area contributed by atoms with Gasteiger partial charge in [0.2, 0.25) is 0 Å². The van der Waals surface area contributed by atoms with Crippen LogP contribution in [0.5, 0.6) is 0 Å². The molecule has 5 nitrogen and oxygen atoms in total. The summed E-state index contributed by atoms with van der Waals surface area (Å²) >= 11 is 0. The quantitative estimate of drug-likeness (QED) is 0.444. The summed E-state index contributed by atoms with van der Waals surface area (Å²) in [5.74, 6) is -4.92. The lowest BCUT2D eigenvalue weighted by Crippen LogP contribution is -2.63. The molecule has 0 rings (SSSR count). The lowest BCUT2D eigenvalue weighted by atomic mass is 10.1. The number of rotatable bonds is 4. The smallest absolute Gasteiger partial charge is 0.438 e. The minimum Gasteiger partial charge on any atom is -0.748 e. The van der Waals surface area contributed by atoms with Gasteiger partial charge in [0.25, 0.3) is 0 Å². The summed E-state index contributed by atoms with van der Waals surface area (Å²) < 4.78 is 109. The molecule has 0 aliphatic heterocycles. The van der Waals surface area contributed by atoms with Crippen LogP contribution >= 0.6 is 0 Å². The average Bonchev–Trinajstić information content (AvgIpc) is 2.10. The predicted octanol–water partition coefficient (Wildman–Crippen LogP) is 1.35. The number of hydrogen-bond acceptors (Lipinski definition) is 5. The van der Waals surface area contributed by atoms with Gasteiger partial charge in [0.15, 0.2) is 0 Å². The Morgan fingerprint density at radius 3 is 1.68 bits per heavy atom. The Morgan fingerprint density at radius 2 is 1.47 bits per heavy atom. The molecule has 0 saturated heterocycles. The molecule has 114 valence electrons. The second kappa shape index (κ2) is 5.15. The number of halogens is 6. The Balaban J connectivity index is 5.97. The Morgan fingerprint density at radius 1 is 1.11 bits per heavy atom. The van der Waals surface area contributed by atoms with Crippen LogP contribution in [-0.4, -0.2) is 42.6 Å². The van der Waals surface area contributed by atoms with Crippen LogP contribution in [-0.2, 0) is 19.6 Å². The van der Waals surface area contributed by atoms with Gasteiger partial charge in [-0.15, -0.1) is 0 Å². The van der Waals surface area contributed by atoms with Gasteiger partial charge in [0, 0.05) is 6.42 Å². The van der Waals surface area contributed by atoms with E-state index in [1.807, 2.05) is 0 Å². The summed E-state index contributed by atoms with van der Waals surface area (Å²) in [6, 6.07) is 0. The number of alkyl halides is 6. The van der Waals surface area contributed by atoms with Gasteiger partial charge in [-0.25, -0.2) is 8.42 Å². The molecule has 0 aromatic heterocycles. The van der Waals surface area contributed by atoms with Crippen molar-refractivity contribution in [3.05, 3.63) is 0 Å². The van der Waals surface area contributed by atoms with Gasteiger partial charge in [0.1, 0.15) is 0 Å². The zero-order chi connectivity index (χ0) is 15.7. The second-order valence-corrected chi connectivity index (χ2v) is 4.76. The Labute approximate surface area is 103 Å². The molecule has 0 aromatic rings. The largest absolute Gasteiger partial charge is 0.748 e. The van der Waals surface area contributed by atoms with Gasteiger partial charge in [-0.2, -0.15) is 26.3 Å². The van der Waals surface area contributed by atoms with Crippen molar-refractivity contribution in [1.29, 1.82) is 0 Å². The highest BCUT2D eigenvalue weighted by Crippen LogP contribution is 2.46. The molecule has 0 atom stereocenters. The molecule has 0 aliphatic rings. The zero-order valence-corrected chi connectivity index (χ0v) is 9.95. The minimum atomic E-state index is -6.31. The van der Waals surface area contributed by atoms with Gasteiger partial charge in [-0.05, 0) is 0 Å². The van der Waals surface area contributed by atoms with Gasteiger partial charge in [0.05, 0.1) is 15.9 Å². The van der Waals surface area contributed by atoms with E-state index in [0.717, 1.165) is 6.92 Å². The molecule has 0 fully saturated rings. The molecule has 12 heteroatoms. The van der Waals surface area contributed by atoms with Crippen LogP contribution in [0, 0.1) is 0 Å². The van der Waals surface area contributed by atoms with Crippen LogP contribution in [0.3, 0.4) is 0 Å². The number of hydrogen-bond donors (Lipinski definition) is 0. The fourth-order valence-corrected chi connectivity index (χ4v) is 1.87. The fourth-order valence-electron chi connectivity index (χ4n) is 0.985. The highest BCUT2D eigenvalue weighted by atomic mass is 32.2. The Bertz CT molecular complexity index is 422. The molecule has 19 heavy (non-hydrogen) atoms. The van der Waals surface area contributed by atoms with E-state index in [1.54, 1.807) is 0 Å². The summed E-state index contributed by atoms with van der Waals surface area (Å²) in [5.41, 5.74) is -5.37. The van der Waals surface area contributed by atoms with E-state index in [-0.39, 0.29) is 0 Å². The van der Waals surface area contributed by atoms with E-state index in [1.165, 1.54) is 0 Å². The molecule has 0 aromatic carbocycles. The monoisotopic (exact) mass is 317 g/mol. The van der Waals surface area contributed by atoms with Gasteiger partial charge < -0.3 is 9.29 Å². The van der Waals surface area contributed by atoms with Gasteiger partial charge in [-0.3, -0.25) is 4.79 Å². The van der Waals surface area contributed by atoms with Crippen LogP contribution in [0.1, 0.15) is 13.3 Å². The number of carbonyl (C=O) groups is 1. The normalized spacial score (nSPS) is 14.3. The summed E-state index contributed by atoms with van der Waals surface area (Å²) in [4.78, 5) is 10.7. The predicted molar refractivity (Wildman–Crippen MR) is 45.8 cm³/mol. The number of carbonyl (C=O) groups excluding carboxylic acids is 1. The topological polar surface area (TPSA) is 83.5 Å². The maximum Gasteiger partial charge on any atom is 0.438 e. The Kier molecular flexibility index (Phi) is 4.87. The lowest BCUT2D eigenvalue weighted by molar-refractivity contribution is -0.361. The molecule has 0 unspecified atom stereocenters. The van der Waals surface area contributed by atoms with Crippen LogP contribution in [0.15, 0.2) is 0 Å². The van der Waals surface area contributed by atoms with E-state index in [9.17, 15) is 44.1 Å². The van der Waals surface area contributed by atoms with Gasteiger partial charge in [-0.1, -0.05) is 6.92 Å². The van der Waals surface area contributed by atoms with E-state index in [0.29, 0.717) is 0 Å². The van der Waals surface area contributed by atoms with Crippen LogP contribution in [0.4, 0.5) is 26.3 Å². The molecule has 0 radical (unpaired) electrons. The molecular formula is C7H7F6O5S-. The first-order chi connectivity index (χ1) is 8.16. The van der Waals surface area contributed by atoms with Crippen molar-refractivity contribution in [2.45, 2.75) is 31.3 Å². The zero-order valence-electron chi connectivity index (χ0n) is 9.13. The van der Waals surface area contributed by atoms with Crippen LogP contribution in [0.2, 0.25) is 0 Å². The first-order valence-corrected chi connectivity index (χ1v) is 6.03. The standard InChI is InChI=1S/C7H8F6O5S/c1-2-4(14)18-5(6(8,9)10,7(11,12)13)3-19(15,16)17/h2-3H2,1H3,(H,15,16,17)/p-1. The molecular weight excluding hydrogens is 310 g/mol. The van der Waals surface area contributed by atoms with Crippen molar-refractivity contribution < 1.29 is 48.8 Å². The van der Waals surface area contributed by atoms with Crippen molar-refractivity contribution in [2.24, 2.45) is 0 Å². The van der Waals surface area contributed by atoms with E-state index in [4.69, 9.17) is 0 Å². The summed E-state index contributed by atoms with van der Waals surface area (Å²) in [6.07, 6.45) is -13.5. The molecule has 0 spiro atoms. The van der Waals surface area contributed by atoms with E-state index < -0.39 is 46.2 Å². The van der Waals surface area contributed by atoms with Crippen LogP contribution in [0.25, 0.3) is 0 Å². The van der Waals surface area contributed by atoms with Crippen molar-refractivity contribution in [1.82, 2.24) is 0 Å². The lowest BCUT2D eigenvalue weighted by Gasteiger charge is -2.36. The van der Waals surface area contributed by atoms with E-state index >= 15 is 0 Å². The Hall–Kier alpha value is -1.04. The SMILES string of the molecule is CCC(=O)OC(CS(=O)(=O)[O-])(C(F)(F)F)C(F)(F)F. The third-order valence-electron chi connectivity index (χ3n) is 1.87. The van der Waals surface area contributed by atoms with Crippen molar-refractivity contribution in [3.63, 3.8) is 0 Å².